The number of nitrogens with one attached hydrogen (secondary N) is 2. The largest absolute Gasteiger partial charge is 4.00 e. The molecule has 14 N–H and O–H groups in total. The zero-order chi connectivity index (χ0) is 20.4. The van der Waals surface area contributed by atoms with Crippen LogP contribution in [0.1, 0.15) is 46.0 Å². The Bertz CT molecular complexity index is 354. The summed E-state index contributed by atoms with van der Waals surface area (Å²) < 4.78 is 0. The van der Waals surface area contributed by atoms with Crippen molar-refractivity contribution in [1.29, 1.82) is 0 Å². The average molecular weight is 791 g/mol. The van der Waals surface area contributed by atoms with Crippen LogP contribution in [-0.4, -0.2) is 57.4 Å². The molecule has 0 spiro atoms. The van der Waals surface area contributed by atoms with Gasteiger partial charge in [0.15, 0.2) is 0 Å². The molecular formula is C15H36N4O8Pt2+8. The zero-order valence-corrected chi connectivity index (χ0v) is 21.1. The Morgan fingerprint density at radius 2 is 0.828 bits per heavy atom. The molecule has 0 aliphatic rings. The van der Waals surface area contributed by atoms with Crippen molar-refractivity contribution < 1.29 is 81.7 Å². The van der Waals surface area contributed by atoms with Crippen LogP contribution in [0, 0.1) is 11.8 Å². The summed E-state index contributed by atoms with van der Waals surface area (Å²) in [6.45, 7) is 4.26. The quantitative estimate of drug-likeness (QED) is 0.176. The van der Waals surface area contributed by atoms with Gasteiger partial charge in [-0.15, -0.1) is 0 Å². The van der Waals surface area contributed by atoms with Gasteiger partial charge in [0.05, 0.1) is 0 Å². The Kier molecular flexibility index (Phi) is 50.8. The van der Waals surface area contributed by atoms with E-state index >= 15 is 0 Å². The third-order valence-corrected chi connectivity index (χ3v) is 2.94. The fourth-order valence-electron chi connectivity index (χ4n) is 1.41. The van der Waals surface area contributed by atoms with E-state index in [9.17, 15) is 19.2 Å². The summed E-state index contributed by atoms with van der Waals surface area (Å²) in [5.41, 5.74) is 13.4. The van der Waals surface area contributed by atoms with Gasteiger partial charge < -0.3 is 44.2 Å². The van der Waals surface area contributed by atoms with Crippen LogP contribution in [0.5, 0.6) is 0 Å². The first kappa shape index (κ1) is 46.4. The standard InChI is InChI=1S/C5H12N2.2C5H8O4.2H2N.2Pt/c6-4-2-1-3-5-7;2*1-2-3(4(6)7)5(8)9;;;;/h6-7H,1-5H2;2*3H,2H2,1H3,(H,6,7)(H,8,9);2*1H2;;/q-2;;;2*-1;2*+4/p+4. The second-order valence-electron chi connectivity index (χ2n) is 4.94. The van der Waals surface area contributed by atoms with Crippen LogP contribution in [0.3, 0.4) is 0 Å². The van der Waals surface area contributed by atoms with Crippen LogP contribution >= 0.6 is 0 Å². The van der Waals surface area contributed by atoms with Crippen molar-refractivity contribution in [2.75, 3.05) is 13.1 Å². The molecule has 0 heterocycles. The maximum atomic E-state index is 10.1. The molecular weight excluding hydrogens is 754 g/mol. The molecule has 0 saturated heterocycles. The van der Waals surface area contributed by atoms with Gasteiger partial charge >= 0.3 is 66.0 Å². The number of hydrogen-bond acceptors (Lipinski definition) is 4. The van der Waals surface area contributed by atoms with E-state index in [1.54, 1.807) is 13.8 Å². The molecule has 0 rings (SSSR count). The summed E-state index contributed by atoms with van der Waals surface area (Å²) in [5, 5.41) is 25.9. The molecule has 0 radical (unpaired) electrons. The van der Waals surface area contributed by atoms with E-state index in [0.717, 1.165) is 19.3 Å². The van der Waals surface area contributed by atoms with Crippen molar-refractivity contribution in [3.05, 3.63) is 23.8 Å². The minimum atomic E-state index is -1.02. The summed E-state index contributed by atoms with van der Waals surface area (Å²) in [7, 11) is 0. The van der Waals surface area contributed by atoms with Crippen molar-refractivity contribution in [3.63, 3.8) is 0 Å². The van der Waals surface area contributed by atoms with E-state index in [1.165, 1.54) is 0 Å². The van der Waals surface area contributed by atoms with E-state index in [2.05, 4.69) is 0 Å². The summed E-state index contributed by atoms with van der Waals surface area (Å²) in [6, 6.07) is 0. The van der Waals surface area contributed by atoms with Gasteiger partial charge in [-0.05, 0) is 12.8 Å². The SMILES string of the molecule is CCC(C(=O)[OH2+])C(=O)[OH2+].CCC(C(=O)[OH2+])C(=O)[OH2+].[NH-]CCCCC[NH-].[NH2-].[NH2-].[Pt+4].[Pt+4]. The van der Waals surface area contributed by atoms with Gasteiger partial charge in [-0.25, -0.2) is 0 Å². The Hall–Kier alpha value is -0.903. The van der Waals surface area contributed by atoms with Crippen molar-refractivity contribution in [2.24, 2.45) is 11.8 Å². The van der Waals surface area contributed by atoms with Crippen LogP contribution in [0.25, 0.3) is 23.8 Å². The third-order valence-electron chi connectivity index (χ3n) is 2.94. The molecule has 0 fully saturated rings. The Balaban J connectivity index is -0.0000000472. The van der Waals surface area contributed by atoms with Crippen molar-refractivity contribution >= 4 is 23.9 Å². The topological polar surface area (TPSA) is 274 Å². The van der Waals surface area contributed by atoms with Gasteiger partial charge in [0.2, 0.25) is 0 Å². The van der Waals surface area contributed by atoms with Crippen LogP contribution in [-0.2, 0) is 61.3 Å². The summed E-state index contributed by atoms with van der Waals surface area (Å²) in [6.07, 6.45) is 3.51. The van der Waals surface area contributed by atoms with E-state index in [-0.39, 0.29) is 67.3 Å². The Morgan fingerprint density at radius 3 is 0.897 bits per heavy atom. The smallest absolute Gasteiger partial charge is 0.693 e. The first-order valence-corrected chi connectivity index (χ1v) is 7.91. The minimum absolute atomic E-state index is 0. The zero-order valence-electron chi connectivity index (χ0n) is 16.5. The summed E-state index contributed by atoms with van der Waals surface area (Å²) in [5.74, 6) is -5.89. The number of rotatable bonds is 10. The third kappa shape index (κ3) is 32.0. The molecule has 14 heteroatoms. The van der Waals surface area contributed by atoms with Gasteiger partial charge in [-0.3, -0.25) is 0 Å². The molecule has 0 aliphatic carbocycles. The van der Waals surface area contributed by atoms with Gasteiger partial charge in [0.25, 0.3) is 11.8 Å². The molecule has 0 bridgehead atoms. The van der Waals surface area contributed by atoms with Crippen LogP contribution in [0.2, 0.25) is 0 Å². The first-order chi connectivity index (χ1) is 11.6. The molecule has 12 nitrogen and oxygen atoms in total. The predicted octanol–water partition coefficient (Wildman–Crippen LogP) is 0.720. The molecule has 0 saturated carbocycles. The second kappa shape index (κ2) is 31.8. The number of unbranched alkanes of at least 4 members (excludes halogenated alkanes) is 2. The second-order valence-corrected chi connectivity index (χ2v) is 4.94. The number of nitrogens with two attached hydrogens (primary N) is 2. The van der Waals surface area contributed by atoms with Gasteiger partial charge in [0, 0.05) is 19.2 Å². The van der Waals surface area contributed by atoms with Crippen LogP contribution in [0.15, 0.2) is 0 Å². The van der Waals surface area contributed by atoms with Gasteiger partial charge in [-0.2, -0.15) is 13.1 Å². The number of carbonyl (C=O) groups is 4. The maximum Gasteiger partial charge on any atom is 4.00 e. The minimum Gasteiger partial charge on any atom is -0.693 e. The Labute approximate surface area is 199 Å². The predicted molar refractivity (Wildman–Crippen MR) is 105 cm³/mol. The normalized spacial score (nSPS) is 8.21. The molecule has 0 unspecified atom stereocenters. The molecule has 0 atom stereocenters. The fourth-order valence-corrected chi connectivity index (χ4v) is 1.41. The Morgan fingerprint density at radius 1 is 0.621 bits per heavy atom. The van der Waals surface area contributed by atoms with Crippen molar-refractivity contribution in [1.82, 2.24) is 0 Å². The molecule has 0 aromatic rings. The first-order valence-electron chi connectivity index (χ1n) is 7.91. The van der Waals surface area contributed by atoms with E-state index in [0.29, 0.717) is 13.1 Å². The summed E-state index contributed by atoms with van der Waals surface area (Å²) in [4.78, 5) is 40.6. The molecule has 0 aromatic carbocycles. The molecule has 0 aliphatic heterocycles. The maximum absolute atomic E-state index is 10.1. The summed E-state index contributed by atoms with van der Waals surface area (Å²) >= 11 is 0. The molecule has 29 heavy (non-hydrogen) atoms. The molecule has 0 amide bonds. The number of hydrogen-bond donors (Lipinski definition) is 0. The monoisotopic (exact) mass is 790 g/mol. The molecule has 0 aromatic heterocycles. The van der Waals surface area contributed by atoms with E-state index < -0.39 is 35.7 Å². The van der Waals surface area contributed by atoms with E-state index in [1.807, 2.05) is 0 Å². The van der Waals surface area contributed by atoms with Crippen LogP contribution in [0.4, 0.5) is 0 Å². The van der Waals surface area contributed by atoms with Crippen LogP contribution < -0.4 is 0 Å². The van der Waals surface area contributed by atoms with Gasteiger partial charge in [-0.1, -0.05) is 33.1 Å². The van der Waals surface area contributed by atoms with Gasteiger partial charge in [0.1, 0.15) is 0 Å². The van der Waals surface area contributed by atoms with Crippen molar-refractivity contribution in [3.8, 4) is 0 Å². The molecule has 176 valence electrons. The number of carbonyl (C=O) groups excluding carboxylic acids is 4. The average Bonchev–Trinajstić information content (AvgIpc) is 2.48. The van der Waals surface area contributed by atoms with E-state index in [4.69, 9.17) is 31.9 Å². The van der Waals surface area contributed by atoms with Crippen molar-refractivity contribution in [2.45, 2.75) is 46.0 Å². The fraction of sp³-hybridized carbons (Fsp3) is 0.733.